The maximum absolute atomic E-state index is 8.70. The van der Waals surface area contributed by atoms with Gasteiger partial charge < -0.3 is 21.3 Å². The molecule has 0 amide bonds. The Morgan fingerprint density at radius 1 is 1.12 bits per heavy atom. The van der Waals surface area contributed by atoms with Crippen molar-refractivity contribution in [2.75, 3.05) is 29.0 Å². The van der Waals surface area contributed by atoms with Crippen molar-refractivity contribution < 1.29 is 0 Å². The van der Waals surface area contributed by atoms with Crippen LogP contribution >= 0.6 is 0 Å². The van der Waals surface area contributed by atoms with Crippen molar-refractivity contribution in [3.63, 3.8) is 0 Å². The van der Waals surface area contributed by atoms with Crippen molar-refractivity contribution in [1.29, 1.82) is 5.26 Å². The smallest absolute Gasteiger partial charge is 0.229 e. The maximum Gasteiger partial charge on any atom is 0.229 e. The number of nitriles is 1. The number of nitrogens with zero attached hydrogens (tertiary/aromatic N) is 4. The third-order valence-electron chi connectivity index (χ3n) is 4.08. The molecular formula is C18H30N8. The highest BCUT2D eigenvalue weighted by Crippen LogP contribution is 2.30. The molecule has 1 saturated heterocycles. The number of anilines is 3. The normalized spacial score (nSPS) is 18.6. The second kappa shape index (κ2) is 8.32. The van der Waals surface area contributed by atoms with Crippen LogP contribution < -0.4 is 21.3 Å². The highest BCUT2D eigenvalue weighted by molar-refractivity contribution is 5.43. The third kappa shape index (κ3) is 6.15. The molecule has 0 radical (unpaired) electrons. The lowest BCUT2D eigenvalue weighted by atomic mass is 9.80. The highest BCUT2D eigenvalue weighted by atomic mass is 15.3. The molecule has 4 N–H and O–H groups in total. The molecule has 0 bridgehead atoms. The Kier molecular flexibility index (Phi) is 6.37. The van der Waals surface area contributed by atoms with Gasteiger partial charge in [-0.2, -0.15) is 20.2 Å². The van der Waals surface area contributed by atoms with Crippen molar-refractivity contribution >= 4 is 17.8 Å². The monoisotopic (exact) mass is 358 g/mol. The molecule has 1 aliphatic heterocycles. The number of piperidine rings is 1. The van der Waals surface area contributed by atoms with Crippen LogP contribution in [0.25, 0.3) is 0 Å². The minimum atomic E-state index is 0.0320. The van der Waals surface area contributed by atoms with Crippen molar-refractivity contribution in [3.8, 4) is 6.07 Å². The molecule has 0 aromatic carbocycles. The zero-order chi connectivity index (χ0) is 19.2. The number of nitrogens with one attached hydrogen (secondary N) is 4. The molecule has 26 heavy (non-hydrogen) atoms. The predicted molar refractivity (Wildman–Crippen MR) is 105 cm³/mol. The zero-order valence-electron chi connectivity index (χ0n) is 16.2. The summed E-state index contributed by atoms with van der Waals surface area (Å²) >= 11 is 0. The van der Waals surface area contributed by atoms with Gasteiger partial charge in [0.1, 0.15) is 0 Å². The first kappa shape index (κ1) is 19.9. The largest absolute Gasteiger partial charge is 0.353 e. The molecule has 0 unspecified atom stereocenters. The number of aromatic nitrogens is 3. The van der Waals surface area contributed by atoms with E-state index in [-0.39, 0.29) is 17.1 Å². The second-order valence-electron chi connectivity index (χ2n) is 7.95. The van der Waals surface area contributed by atoms with Crippen LogP contribution in [0.4, 0.5) is 17.8 Å². The molecule has 0 spiro atoms. The Morgan fingerprint density at radius 3 is 2.27 bits per heavy atom. The van der Waals surface area contributed by atoms with Gasteiger partial charge in [0, 0.05) is 30.2 Å². The standard InChI is InChI=1S/C18H30N8/c1-6-9-20-14-23-15(21-10-7-8-19)25-16(24-14)22-13-11-17(2,3)26-18(4,5)12-13/h6,13,26H,1,7,9-12H2,2-5H3,(H3,20,21,22,23,24,25). The molecule has 8 heteroatoms. The lowest BCUT2D eigenvalue weighted by Crippen LogP contribution is -2.60. The summed E-state index contributed by atoms with van der Waals surface area (Å²) in [5.74, 6) is 1.47. The van der Waals surface area contributed by atoms with E-state index in [4.69, 9.17) is 5.26 Å². The average Bonchev–Trinajstić information content (AvgIpc) is 2.50. The van der Waals surface area contributed by atoms with Gasteiger partial charge in [0.2, 0.25) is 17.8 Å². The first-order valence-electron chi connectivity index (χ1n) is 9.00. The summed E-state index contributed by atoms with van der Waals surface area (Å²) in [5.41, 5.74) is 0.0640. The first-order valence-corrected chi connectivity index (χ1v) is 9.00. The highest BCUT2D eigenvalue weighted by Gasteiger charge is 2.37. The SMILES string of the molecule is C=CCNc1nc(NCCC#N)nc(NC2CC(C)(C)NC(C)(C)C2)n1. The molecule has 2 heterocycles. The maximum atomic E-state index is 8.70. The van der Waals surface area contributed by atoms with E-state index in [9.17, 15) is 0 Å². The van der Waals surface area contributed by atoms with Gasteiger partial charge in [-0.3, -0.25) is 0 Å². The van der Waals surface area contributed by atoms with Crippen molar-refractivity contribution in [1.82, 2.24) is 20.3 Å². The quantitative estimate of drug-likeness (QED) is 0.414. The second-order valence-corrected chi connectivity index (χ2v) is 7.95. The van der Waals surface area contributed by atoms with Crippen molar-refractivity contribution in [2.24, 2.45) is 0 Å². The Labute approximate surface area is 155 Å². The molecule has 1 fully saturated rings. The van der Waals surface area contributed by atoms with Crippen LogP contribution in [0.5, 0.6) is 0 Å². The molecule has 1 aromatic heterocycles. The minimum Gasteiger partial charge on any atom is -0.353 e. The van der Waals surface area contributed by atoms with E-state index in [1.165, 1.54) is 0 Å². The minimum absolute atomic E-state index is 0.0320. The molecule has 0 atom stereocenters. The van der Waals surface area contributed by atoms with Crippen LogP contribution in [0.3, 0.4) is 0 Å². The topological polar surface area (TPSA) is 111 Å². The van der Waals surface area contributed by atoms with Crippen LogP contribution in [0.1, 0.15) is 47.0 Å². The Bertz CT molecular complexity index is 646. The fourth-order valence-electron chi connectivity index (χ4n) is 3.60. The molecule has 1 aliphatic rings. The van der Waals surface area contributed by atoms with Crippen LogP contribution in [-0.2, 0) is 0 Å². The van der Waals surface area contributed by atoms with Crippen LogP contribution in [0.15, 0.2) is 12.7 Å². The van der Waals surface area contributed by atoms with Crippen molar-refractivity contribution in [3.05, 3.63) is 12.7 Å². The molecule has 142 valence electrons. The summed E-state index contributed by atoms with van der Waals surface area (Å²) in [6.07, 6.45) is 4.07. The number of hydrogen-bond donors (Lipinski definition) is 4. The summed E-state index contributed by atoms with van der Waals surface area (Å²) in [6.45, 7) is 13.6. The van der Waals surface area contributed by atoms with Crippen LogP contribution in [-0.4, -0.2) is 45.2 Å². The lowest BCUT2D eigenvalue weighted by molar-refractivity contribution is 0.170. The van der Waals surface area contributed by atoms with Gasteiger partial charge in [-0.15, -0.1) is 6.58 Å². The van der Waals surface area contributed by atoms with E-state index in [0.717, 1.165) is 12.8 Å². The van der Waals surface area contributed by atoms with E-state index in [1.807, 2.05) is 0 Å². The summed E-state index contributed by atoms with van der Waals surface area (Å²) in [5, 5.41) is 22.0. The zero-order valence-corrected chi connectivity index (χ0v) is 16.2. The fraction of sp³-hybridized carbons (Fsp3) is 0.667. The fourth-order valence-corrected chi connectivity index (χ4v) is 3.60. The van der Waals surface area contributed by atoms with E-state index in [2.05, 4.69) is 76.6 Å². The molecule has 0 saturated carbocycles. The van der Waals surface area contributed by atoms with Gasteiger partial charge in [-0.05, 0) is 40.5 Å². The van der Waals surface area contributed by atoms with Gasteiger partial charge in [0.05, 0.1) is 12.5 Å². The van der Waals surface area contributed by atoms with E-state index in [0.29, 0.717) is 37.4 Å². The summed E-state index contributed by atoms with van der Waals surface area (Å²) in [7, 11) is 0. The molecule has 0 aliphatic carbocycles. The van der Waals surface area contributed by atoms with Gasteiger partial charge >= 0.3 is 0 Å². The van der Waals surface area contributed by atoms with Gasteiger partial charge in [-0.25, -0.2) is 0 Å². The molecule has 2 rings (SSSR count). The van der Waals surface area contributed by atoms with Crippen LogP contribution in [0.2, 0.25) is 0 Å². The summed E-state index contributed by atoms with van der Waals surface area (Å²) < 4.78 is 0. The average molecular weight is 358 g/mol. The lowest BCUT2D eigenvalue weighted by Gasteiger charge is -2.46. The van der Waals surface area contributed by atoms with E-state index in [1.54, 1.807) is 6.08 Å². The van der Waals surface area contributed by atoms with Gasteiger partial charge in [-0.1, -0.05) is 6.08 Å². The summed E-state index contributed by atoms with van der Waals surface area (Å²) in [4.78, 5) is 13.3. The van der Waals surface area contributed by atoms with Gasteiger partial charge in [0.25, 0.3) is 0 Å². The number of hydrogen-bond acceptors (Lipinski definition) is 8. The predicted octanol–water partition coefficient (Wildman–Crippen LogP) is 2.52. The van der Waals surface area contributed by atoms with E-state index >= 15 is 0 Å². The van der Waals surface area contributed by atoms with Gasteiger partial charge in [0.15, 0.2) is 0 Å². The third-order valence-corrected chi connectivity index (χ3v) is 4.08. The summed E-state index contributed by atoms with van der Waals surface area (Å²) in [6, 6.07) is 2.35. The Morgan fingerprint density at radius 2 is 1.69 bits per heavy atom. The first-order chi connectivity index (χ1) is 12.2. The molecule has 1 aromatic rings. The Hall–Kier alpha value is -2.40. The number of rotatable bonds is 8. The van der Waals surface area contributed by atoms with Crippen LogP contribution in [0, 0.1) is 11.3 Å². The Balaban J connectivity index is 2.16. The molecular weight excluding hydrogens is 328 g/mol. The van der Waals surface area contributed by atoms with E-state index < -0.39 is 0 Å². The molecule has 8 nitrogen and oxygen atoms in total. The van der Waals surface area contributed by atoms with Crippen molar-refractivity contribution in [2.45, 2.75) is 64.1 Å².